The van der Waals surface area contributed by atoms with Crippen molar-refractivity contribution in [1.82, 2.24) is 5.32 Å². The lowest BCUT2D eigenvalue weighted by Crippen LogP contribution is -2.22. The lowest BCUT2D eigenvalue weighted by molar-refractivity contribution is 0.188. The minimum atomic E-state index is 0.194. The van der Waals surface area contributed by atoms with Gasteiger partial charge in [0.2, 0.25) is 5.75 Å². The van der Waals surface area contributed by atoms with E-state index in [9.17, 15) is 0 Å². The zero-order chi connectivity index (χ0) is 15.7. The molecule has 0 bridgehead atoms. The van der Waals surface area contributed by atoms with Crippen molar-refractivity contribution in [1.29, 1.82) is 0 Å². The van der Waals surface area contributed by atoms with E-state index in [1.165, 1.54) is 0 Å². The first-order valence-electron chi connectivity index (χ1n) is 7.24. The van der Waals surface area contributed by atoms with Crippen LogP contribution in [0.1, 0.15) is 31.4 Å². The molecule has 1 rings (SSSR count). The fourth-order valence-electron chi connectivity index (χ4n) is 2.44. The maximum absolute atomic E-state index is 5.57. The van der Waals surface area contributed by atoms with Crippen LogP contribution in [0.15, 0.2) is 12.1 Å². The third-order valence-corrected chi connectivity index (χ3v) is 3.40. The minimum absolute atomic E-state index is 0.194. The molecule has 21 heavy (non-hydrogen) atoms. The van der Waals surface area contributed by atoms with Gasteiger partial charge in [0.25, 0.3) is 0 Å². The van der Waals surface area contributed by atoms with Crippen LogP contribution in [0.25, 0.3) is 0 Å². The Bertz CT molecular complexity index is 423. The summed E-state index contributed by atoms with van der Waals surface area (Å²) in [6, 6.07) is 4.14. The summed E-state index contributed by atoms with van der Waals surface area (Å²) in [5, 5.41) is 3.49. The van der Waals surface area contributed by atoms with Gasteiger partial charge in [-0.2, -0.15) is 0 Å². The number of nitrogens with one attached hydrogen (secondary N) is 1. The van der Waals surface area contributed by atoms with Crippen LogP contribution >= 0.6 is 0 Å². The van der Waals surface area contributed by atoms with E-state index in [-0.39, 0.29) is 6.04 Å². The molecule has 0 aliphatic rings. The van der Waals surface area contributed by atoms with E-state index in [0.717, 1.165) is 37.3 Å². The second-order valence-corrected chi connectivity index (χ2v) is 4.67. The molecule has 0 spiro atoms. The highest BCUT2D eigenvalue weighted by molar-refractivity contribution is 5.56. The van der Waals surface area contributed by atoms with E-state index in [0.29, 0.717) is 11.5 Å². The van der Waals surface area contributed by atoms with Crippen LogP contribution in [-0.2, 0) is 4.74 Å². The van der Waals surface area contributed by atoms with Gasteiger partial charge in [-0.1, -0.05) is 6.92 Å². The number of methoxy groups -OCH3 is 4. The molecule has 0 aliphatic carbocycles. The lowest BCUT2D eigenvalue weighted by atomic mass is 10.00. The molecule has 0 heterocycles. The maximum Gasteiger partial charge on any atom is 0.203 e. The lowest BCUT2D eigenvalue weighted by Gasteiger charge is -2.23. The summed E-state index contributed by atoms with van der Waals surface area (Å²) in [5.41, 5.74) is 1.08. The molecule has 5 heteroatoms. The molecule has 1 unspecified atom stereocenters. The van der Waals surface area contributed by atoms with E-state index in [4.69, 9.17) is 18.9 Å². The molecule has 1 aromatic rings. The van der Waals surface area contributed by atoms with Gasteiger partial charge in [-0.05, 0) is 31.5 Å². The Morgan fingerprint density at radius 3 is 2.24 bits per heavy atom. The van der Waals surface area contributed by atoms with Gasteiger partial charge in [0.05, 0.1) is 21.3 Å². The Hall–Kier alpha value is -1.46. The molecule has 1 N–H and O–H groups in total. The van der Waals surface area contributed by atoms with Crippen LogP contribution in [0.4, 0.5) is 0 Å². The summed E-state index contributed by atoms with van der Waals surface area (Å²) in [6.45, 7) is 3.73. The fourth-order valence-corrected chi connectivity index (χ4v) is 2.44. The van der Waals surface area contributed by atoms with Gasteiger partial charge in [-0.15, -0.1) is 0 Å². The Morgan fingerprint density at radius 1 is 1.00 bits per heavy atom. The molecule has 5 nitrogen and oxygen atoms in total. The van der Waals surface area contributed by atoms with Crippen molar-refractivity contribution in [2.45, 2.75) is 25.8 Å². The predicted octanol–water partition coefficient (Wildman–Crippen LogP) is 2.79. The smallest absolute Gasteiger partial charge is 0.203 e. The molecule has 1 atom stereocenters. The first-order chi connectivity index (χ1) is 10.2. The van der Waals surface area contributed by atoms with Crippen molar-refractivity contribution in [2.75, 3.05) is 41.6 Å². The molecule has 1 aromatic carbocycles. The number of benzene rings is 1. The van der Waals surface area contributed by atoms with E-state index < -0.39 is 0 Å². The zero-order valence-electron chi connectivity index (χ0n) is 13.7. The summed E-state index contributed by atoms with van der Waals surface area (Å²) in [6.07, 6.45) is 1.94. The van der Waals surface area contributed by atoms with Crippen LogP contribution in [0.3, 0.4) is 0 Å². The number of hydrogen-bond acceptors (Lipinski definition) is 5. The summed E-state index contributed by atoms with van der Waals surface area (Å²) >= 11 is 0. The monoisotopic (exact) mass is 297 g/mol. The van der Waals surface area contributed by atoms with Crippen LogP contribution in [0.5, 0.6) is 17.2 Å². The van der Waals surface area contributed by atoms with E-state index in [1.807, 2.05) is 12.1 Å². The van der Waals surface area contributed by atoms with Gasteiger partial charge in [0.1, 0.15) is 0 Å². The summed E-state index contributed by atoms with van der Waals surface area (Å²) in [7, 11) is 6.62. The van der Waals surface area contributed by atoms with Crippen LogP contribution in [0, 0.1) is 0 Å². The number of rotatable bonds is 10. The minimum Gasteiger partial charge on any atom is -0.493 e. The van der Waals surface area contributed by atoms with Crippen molar-refractivity contribution in [2.24, 2.45) is 0 Å². The van der Waals surface area contributed by atoms with Crippen LogP contribution in [-0.4, -0.2) is 41.6 Å². The Balaban J connectivity index is 3.11. The third-order valence-electron chi connectivity index (χ3n) is 3.40. The first-order valence-corrected chi connectivity index (χ1v) is 7.24. The zero-order valence-corrected chi connectivity index (χ0v) is 13.7. The average molecular weight is 297 g/mol. The third kappa shape index (κ3) is 4.51. The number of ether oxygens (including phenoxy) is 4. The SMILES string of the molecule is CCNC(CCCOC)c1ccc(OC)c(OC)c1OC. The second-order valence-electron chi connectivity index (χ2n) is 4.67. The molecule has 0 fully saturated rings. The first kappa shape index (κ1) is 17.6. The van der Waals surface area contributed by atoms with Crippen molar-refractivity contribution >= 4 is 0 Å². The van der Waals surface area contributed by atoms with Gasteiger partial charge >= 0.3 is 0 Å². The highest BCUT2D eigenvalue weighted by Gasteiger charge is 2.21. The molecule has 0 aromatic heterocycles. The highest BCUT2D eigenvalue weighted by atomic mass is 16.5. The molecule has 0 saturated carbocycles. The maximum atomic E-state index is 5.57. The van der Waals surface area contributed by atoms with Crippen molar-refractivity contribution in [3.63, 3.8) is 0 Å². The Labute approximate surface area is 127 Å². The predicted molar refractivity (Wildman–Crippen MR) is 83.6 cm³/mol. The Kier molecular flexibility index (Phi) is 7.93. The van der Waals surface area contributed by atoms with Crippen LogP contribution in [0.2, 0.25) is 0 Å². The largest absolute Gasteiger partial charge is 0.493 e. The molecule has 120 valence electrons. The van der Waals surface area contributed by atoms with E-state index in [1.54, 1.807) is 28.4 Å². The normalized spacial score (nSPS) is 12.0. The van der Waals surface area contributed by atoms with Crippen molar-refractivity contribution in [3.8, 4) is 17.2 Å². The fraction of sp³-hybridized carbons (Fsp3) is 0.625. The van der Waals surface area contributed by atoms with Gasteiger partial charge in [-0.3, -0.25) is 0 Å². The molecule has 0 saturated heterocycles. The Morgan fingerprint density at radius 2 is 1.71 bits per heavy atom. The molecular formula is C16H27NO4. The topological polar surface area (TPSA) is 49.0 Å². The second kappa shape index (κ2) is 9.47. The molecule has 0 radical (unpaired) electrons. The molecule has 0 amide bonds. The summed E-state index contributed by atoms with van der Waals surface area (Å²) in [4.78, 5) is 0. The van der Waals surface area contributed by atoms with Crippen molar-refractivity contribution < 1.29 is 18.9 Å². The van der Waals surface area contributed by atoms with Gasteiger partial charge in [0.15, 0.2) is 11.5 Å². The summed E-state index contributed by atoms with van der Waals surface area (Å²) < 4.78 is 21.5. The molecule has 0 aliphatic heterocycles. The highest BCUT2D eigenvalue weighted by Crippen LogP contribution is 2.42. The average Bonchev–Trinajstić information content (AvgIpc) is 2.52. The van der Waals surface area contributed by atoms with E-state index in [2.05, 4.69) is 12.2 Å². The van der Waals surface area contributed by atoms with Gasteiger partial charge in [-0.25, -0.2) is 0 Å². The standard InChI is InChI=1S/C16H27NO4/c1-6-17-13(8-7-11-18-2)12-9-10-14(19-3)16(21-5)15(12)20-4/h9-10,13,17H,6-8,11H2,1-5H3. The van der Waals surface area contributed by atoms with E-state index >= 15 is 0 Å². The number of hydrogen-bond donors (Lipinski definition) is 1. The summed E-state index contributed by atoms with van der Waals surface area (Å²) in [5.74, 6) is 2.03. The van der Waals surface area contributed by atoms with Gasteiger partial charge < -0.3 is 24.3 Å². The quantitative estimate of drug-likeness (QED) is 0.673. The molecular weight excluding hydrogens is 270 g/mol. The van der Waals surface area contributed by atoms with Crippen LogP contribution < -0.4 is 19.5 Å². The van der Waals surface area contributed by atoms with Crippen molar-refractivity contribution in [3.05, 3.63) is 17.7 Å². The van der Waals surface area contributed by atoms with Gasteiger partial charge in [0, 0.05) is 25.3 Å².